The van der Waals surface area contributed by atoms with Gasteiger partial charge in [0.2, 0.25) is 0 Å². The van der Waals surface area contributed by atoms with Gasteiger partial charge in [-0.1, -0.05) is 0 Å². The maximum Gasteiger partial charge on any atom is 0.325 e. The number of nitrogens with two attached hydrogens (primary N) is 1. The Labute approximate surface area is 72.6 Å². The maximum absolute atomic E-state index is 10.8. The first-order chi connectivity index (χ1) is 6.00. The summed E-state index contributed by atoms with van der Waals surface area (Å²) in [5.74, 6) is -1.66. The number of carboxylic acid groups (broad SMARTS) is 1. The highest BCUT2D eigenvalue weighted by Gasteiger charge is 2.15. The van der Waals surface area contributed by atoms with E-state index in [-0.39, 0.29) is 5.56 Å². The third-order valence-electron chi connectivity index (χ3n) is 1.48. The van der Waals surface area contributed by atoms with E-state index in [0.717, 1.165) is 12.1 Å². The smallest absolute Gasteiger partial charge is 0.325 e. The fourth-order valence-electron chi connectivity index (χ4n) is 0.871. The van der Waals surface area contributed by atoms with Crippen LogP contribution in [0, 0.1) is 0 Å². The van der Waals surface area contributed by atoms with Gasteiger partial charge in [0.25, 0.3) is 5.56 Å². The number of aliphatic carboxylic acids is 1. The van der Waals surface area contributed by atoms with Gasteiger partial charge in [-0.2, -0.15) is 0 Å². The molecule has 1 rings (SSSR count). The second-order valence-corrected chi connectivity index (χ2v) is 2.48. The second kappa shape index (κ2) is 3.28. The predicted octanol–water partition coefficient (Wildman–Crippen LogP) is -0.835. The van der Waals surface area contributed by atoms with Gasteiger partial charge in [-0.15, -0.1) is 0 Å². The van der Waals surface area contributed by atoms with Gasteiger partial charge < -0.3 is 15.9 Å². The third-order valence-corrected chi connectivity index (χ3v) is 1.48. The van der Waals surface area contributed by atoms with Gasteiger partial charge in [0, 0.05) is 12.1 Å². The second-order valence-electron chi connectivity index (χ2n) is 2.48. The summed E-state index contributed by atoms with van der Waals surface area (Å²) in [6, 6.07) is 0.826. The number of aromatic hydroxyl groups is 1. The number of aromatic nitrogens is 1. The number of rotatable bonds is 2. The number of hydrogen-bond acceptors (Lipinski definition) is 4. The standard InChI is InChI=1S/C7H8N2O4/c8-6(7(12)13)3-1-4(10)9-5(11)2-3/h1-2,6H,8H2,(H,12,13)(H2,9,10,11)/t6-/m1/s1. The van der Waals surface area contributed by atoms with Gasteiger partial charge in [0.15, 0.2) is 5.88 Å². The molecule has 0 unspecified atom stereocenters. The first-order valence-electron chi connectivity index (χ1n) is 3.42. The molecule has 0 spiro atoms. The molecule has 0 fully saturated rings. The van der Waals surface area contributed by atoms with Crippen molar-refractivity contribution in [2.24, 2.45) is 5.73 Å². The van der Waals surface area contributed by atoms with E-state index >= 15 is 0 Å². The molecule has 0 bridgehead atoms. The van der Waals surface area contributed by atoms with Gasteiger partial charge in [-0.3, -0.25) is 14.6 Å². The van der Waals surface area contributed by atoms with Crippen LogP contribution in [-0.4, -0.2) is 21.2 Å². The Morgan fingerprint density at radius 3 is 2.62 bits per heavy atom. The lowest BCUT2D eigenvalue weighted by Gasteiger charge is -2.05. The number of carboxylic acids is 1. The largest absolute Gasteiger partial charge is 0.495 e. The first-order valence-corrected chi connectivity index (χ1v) is 3.42. The van der Waals surface area contributed by atoms with Crippen molar-refractivity contribution < 1.29 is 15.0 Å². The minimum atomic E-state index is -1.30. The Morgan fingerprint density at radius 2 is 2.15 bits per heavy atom. The Bertz CT molecular complexity index is 384. The summed E-state index contributed by atoms with van der Waals surface area (Å²) in [5, 5.41) is 17.4. The van der Waals surface area contributed by atoms with Gasteiger partial charge in [-0.25, -0.2) is 0 Å². The monoisotopic (exact) mass is 184 g/mol. The lowest BCUT2D eigenvalue weighted by Crippen LogP contribution is -2.22. The molecule has 13 heavy (non-hydrogen) atoms. The van der Waals surface area contributed by atoms with E-state index in [0.29, 0.717) is 0 Å². The predicted molar refractivity (Wildman–Crippen MR) is 43.3 cm³/mol. The van der Waals surface area contributed by atoms with Crippen LogP contribution in [0.2, 0.25) is 0 Å². The van der Waals surface area contributed by atoms with Crippen molar-refractivity contribution in [2.75, 3.05) is 0 Å². The zero-order valence-electron chi connectivity index (χ0n) is 6.52. The number of nitrogens with one attached hydrogen (secondary N) is 1. The Hall–Kier alpha value is -1.82. The molecule has 0 saturated heterocycles. The van der Waals surface area contributed by atoms with Crippen LogP contribution in [-0.2, 0) is 4.79 Å². The molecule has 0 aliphatic carbocycles. The summed E-state index contributed by atoms with van der Waals surface area (Å²) < 4.78 is 0. The minimum Gasteiger partial charge on any atom is -0.495 e. The van der Waals surface area contributed by atoms with E-state index in [1.54, 1.807) is 0 Å². The van der Waals surface area contributed by atoms with E-state index in [9.17, 15) is 9.59 Å². The molecule has 0 saturated carbocycles. The molecule has 5 N–H and O–H groups in total. The van der Waals surface area contributed by atoms with Crippen LogP contribution in [0.25, 0.3) is 0 Å². The molecule has 1 heterocycles. The normalized spacial score (nSPS) is 12.4. The molecule has 6 nitrogen and oxygen atoms in total. The lowest BCUT2D eigenvalue weighted by molar-refractivity contribution is -0.138. The molecule has 1 aromatic rings. The highest BCUT2D eigenvalue weighted by atomic mass is 16.4. The number of pyridine rings is 1. The number of aromatic amines is 1. The fourth-order valence-corrected chi connectivity index (χ4v) is 0.871. The maximum atomic E-state index is 10.8. The quantitative estimate of drug-likeness (QED) is 0.478. The van der Waals surface area contributed by atoms with Crippen molar-refractivity contribution in [3.8, 4) is 5.88 Å². The van der Waals surface area contributed by atoms with Crippen molar-refractivity contribution in [1.82, 2.24) is 4.98 Å². The van der Waals surface area contributed by atoms with E-state index in [1.165, 1.54) is 0 Å². The summed E-state index contributed by atoms with van der Waals surface area (Å²) in [5.41, 5.74) is 4.68. The minimum absolute atomic E-state index is 0.0637. The van der Waals surface area contributed by atoms with Crippen LogP contribution in [0.4, 0.5) is 0 Å². The third kappa shape index (κ3) is 2.06. The molecule has 0 aromatic carbocycles. The van der Waals surface area contributed by atoms with E-state index in [2.05, 4.69) is 4.98 Å². The van der Waals surface area contributed by atoms with Crippen molar-refractivity contribution in [1.29, 1.82) is 0 Å². The zero-order valence-corrected chi connectivity index (χ0v) is 6.52. The summed E-state index contributed by atoms with van der Waals surface area (Å²) in [6.07, 6.45) is 0. The summed E-state index contributed by atoms with van der Waals surface area (Å²) in [4.78, 5) is 23.2. The van der Waals surface area contributed by atoms with Crippen molar-refractivity contribution in [3.63, 3.8) is 0 Å². The van der Waals surface area contributed by atoms with Crippen molar-refractivity contribution in [2.45, 2.75) is 6.04 Å². The van der Waals surface area contributed by atoms with Gasteiger partial charge in [0.1, 0.15) is 6.04 Å². The molecule has 0 aliphatic rings. The SMILES string of the molecule is N[C@@H](C(=O)O)c1cc(O)[nH]c(=O)c1. The van der Waals surface area contributed by atoms with Crippen LogP contribution < -0.4 is 11.3 Å². The lowest BCUT2D eigenvalue weighted by atomic mass is 10.1. The van der Waals surface area contributed by atoms with Gasteiger partial charge in [0.05, 0.1) is 0 Å². The molecule has 0 radical (unpaired) electrons. The number of hydrogen-bond donors (Lipinski definition) is 4. The highest BCUT2D eigenvalue weighted by molar-refractivity contribution is 5.75. The number of carbonyl (C=O) groups is 1. The van der Waals surface area contributed by atoms with Crippen molar-refractivity contribution >= 4 is 5.97 Å². The number of H-pyrrole nitrogens is 1. The Kier molecular flexibility index (Phi) is 2.34. The first kappa shape index (κ1) is 9.27. The molecule has 1 aromatic heterocycles. The fraction of sp³-hybridized carbons (Fsp3) is 0.143. The average molecular weight is 184 g/mol. The summed E-state index contributed by atoms with van der Waals surface area (Å²) in [6.45, 7) is 0. The topological polar surface area (TPSA) is 116 Å². The molecular weight excluding hydrogens is 176 g/mol. The molecule has 0 amide bonds. The van der Waals surface area contributed by atoms with E-state index in [4.69, 9.17) is 15.9 Å². The van der Waals surface area contributed by atoms with Gasteiger partial charge in [-0.05, 0) is 5.56 Å². The summed E-state index contributed by atoms with van der Waals surface area (Å²) >= 11 is 0. The molecular formula is C7H8N2O4. The molecule has 0 aliphatic heterocycles. The van der Waals surface area contributed by atoms with Crippen LogP contribution >= 0.6 is 0 Å². The van der Waals surface area contributed by atoms with Crippen LogP contribution in [0.5, 0.6) is 5.88 Å². The van der Waals surface area contributed by atoms with E-state index < -0.39 is 23.5 Å². The van der Waals surface area contributed by atoms with Gasteiger partial charge >= 0.3 is 5.97 Å². The molecule has 70 valence electrons. The summed E-state index contributed by atoms with van der Waals surface area (Å²) in [7, 11) is 0. The zero-order chi connectivity index (χ0) is 10.0. The highest BCUT2D eigenvalue weighted by Crippen LogP contribution is 2.11. The average Bonchev–Trinajstić information content (AvgIpc) is 2.01. The Balaban J connectivity index is 3.15. The molecule has 1 atom stereocenters. The van der Waals surface area contributed by atoms with Crippen LogP contribution in [0.3, 0.4) is 0 Å². The van der Waals surface area contributed by atoms with Crippen LogP contribution in [0.15, 0.2) is 16.9 Å². The van der Waals surface area contributed by atoms with Crippen LogP contribution in [0.1, 0.15) is 11.6 Å². The molecule has 6 heteroatoms. The van der Waals surface area contributed by atoms with E-state index in [1.807, 2.05) is 0 Å². The van der Waals surface area contributed by atoms with Crippen molar-refractivity contribution in [3.05, 3.63) is 28.0 Å². The Morgan fingerprint density at radius 1 is 1.54 bits per heavy atom.